The molecule has 0 aliphatic carbocycles. The predicted octanol–water partition coefficient (Wildman–Crippen LogP) is 1.51. The van der Waals surface area contributed by atoms with Crippen molar-refractivity contribution in [1.29, 1.82) is 0 Å². The number of rotatable bonds is 2. The summed E-state index contributed by atoms with van der Waals surface area (Å²) in [4.78, 5) is 0. The SMILES string of the molecule is Cc1cccc(CS(=O)[O-])c1F. The summed E-state index contributed by atoms with van der Waals surface area (Å²) in [6.45, 7) is 1.60. The quantitative estimate of drug-likeness (QED) is 0.658. The van der Waals surface area contributed by atoms with E-state index < -0.39 is 16.9 Å². The summed E-state index contributed by atoms with van der Waals surface area (Å²) in [6.07, 6.45) is 0. The third-order valence-electron chi connectivity index (χ3n) is 1.55. The van der Waals surface area contributed by atoms with Crippen molar-refractivity contribution in [3.63, 3.8) is 0 Å². The molecular formula is C8H8FO2S-. The van der Waals surface area contributed by atoms with Crippen LogP contribution >= 0.6 is 0 Å². The van der Waals surface area contributed by atoms with Crippen molar-refractivity contribution in [2.45, 2.75) is 12.7 Å². The third kappa shape index (κ3) is 2.12. The molecule has 0 radical (unpaired) electrons. The molecule has 0 amide bonds. The van der Waals surface area contributed by atoms with Gasteiger partial charge < -0.3 is 4.55 Å². The lowest BCUT2D eigenvalue weighted by molar-refractivity contribution is 0.533. The standard InChI is InChI=1S/C8H9FO2S/c1-6-3-2-4-7(8(6)9)5-12(10)11/h2-4H,5H2,1H3,(H,10,11)/p-1. The molecule has 1 unspecified atom stereocenters. The topological polar surface area (TPSA) is 40.1 Å². The van der Waals surface area contributed by atoms with E-state index in [1.54, 1.807) is 19.1 Å². The molecule has 0 saturated heterocycles. The van der Waals surface area contributed by atoms with Crippen molar-refractivity contribution < 1.29 is 13.2 Å². The molecule has 1 aromatic carbocycles. The van der Waals surface area contributed by atoms with Crippen LogP contribution in [0.3, 0.4) is 0 Å². The van der Waals surface area contributed by atoms with E-state index in [1.165, 1.54) is 6.07 Å². The number of halogens is 1. The summed E-state index contributed by atoms with van der Waals surface area (Å²) in [5.74, 6) is -0.685. The molecule has 0 aliphatic heterocycles. The molecule has 0 fully saturated rings. The lowest BCUT2D eigenvalue weighted by Crippen LogP contribution is -1.98. The molecule has 0 bridgehead atoms. The van der Waals surface area contributed by atoms with Crippen LogP contribution in [0.2, 0.25) is 0 Å². The van der Waals surface area contributed by atoms with Crippen molar-refractivity contribution in [3.8, 4) is 0 Å². The van der Waals surface area contributed by atoms with Gasteiger partial charge in [-0.05, 0) is 18.1 Å². The minimum absolute atomic E-state index is 0.225. The minimum Gasteiger partial charge on any atom is -0.772 e. The lowest BCUT2D eigenvalue weighted by atomic mass is 10.1. The average Bonchev–Trinajstić information content (AvgIpc) is 1.98. The maximum atomic E-state index is 13.1. The zero-order valence-corrected chi connectivity index (χ0v) is 7.36. The number of aryl methyl sites for hydroxylation is 1. The molecule has 0 aliphatic rings. The van der Waals surface area contributed by atoms with Gasteiger partial charge in [0.2, 0.25) is 0 Å². The summed E-state index contributed by atoms with van der Waals surface area (Å²) in [5.41, 5.74) is 0.696. The molecule has 1 rings (SSSR count). The maximum absolute atomic E-state index is 13.1. The van der Waals surface area contributed by atoms with E-state index in [4.69, 9.17) is 0 Å². The Labute approximate surface area is 72.7 Å². The fraction of sp³-hybridized carbons (Fsp3) is 0.250. The Bertz CT molecular complexity index is 312. The van der Waals surface area contributed by atoms with Crippen LogP contribution in [0.5, 0.6) is 0 Å². The van der Waals surface area contributed by atoms with Crippen molar-refractivity contribution >= 4 is 11.1 Å². The van der Waals surface area contributed by atoms with Crippen molar-refractivity contribution in [2.24, 2.45) is 0 Å². The first-order valence-electron chi connectivity index (χ1n) is 3.41. The van der Waals surface area contributed by atoms with E-state index in [-0.39, 0.29) is 11.3 Å². The van der Waals surface area contributed by atoms with E-state index in [0.717, 1.165) is 0 Å². The van der Waals surface area contributed by atoms with Gasteiger partial charge in [-0.3, -0.25) is 4.21 Å². The second-order valence-electron chi connectivity index (χ2n) is 2.50. The molecule has 0 heterocycles. The summed E-state index contributed by atoms with van der Waals surface area (Å²) < 4.78 is 33.6. The van der Waals surface area contributed by atoms with Gasteiger partial charge in [-0.2, -0.15) is 0 Å². The zero-order valence-electron chi connectivity index (χ0n) is 6.54. The van der Waals surface area contributed by atoms with Gasteiger partial charge in [0.15, 0.2) is 0 Å². The Morgan fingerprint density at radius 1 is 1.58 bits per heavy atom. The van der Waals surface area contributed by atoms with Crippen molar-refractivity contribution in [3.05, 3.63) is 35.1 Å². The first kappa shape index (κ1) is 9.35. The van der Waals surface area contributed by atoms with Crippen LogP contribution in [0.1, 0.15) is 11.1 Å². The zero-order chi connectivity index (χ0) is 9.14. The third-order valence-corrected chi connectivity index (χ3v) is 2.09. The van der Waals surface area contributed by atoms with Gasteiger partial charge >= 0.3 is 0 Å². The predicted molar refractivity (Wildman–Crippen MR) is 43.8 cm³/mol. The Balaban J connectivity index is 3.00. The molecule has 12 heavy (non-hydrogen) atoms. The Morgan fingerprint density at radius 2 is 2.25 bits per heavy atom. The monoisotopic (exact) mass is 187 g/mol. The van der Waals surface area contributed by atoms with Crippen LogP contribution in [-0.2, 0) is 16.8 Å². The first-order chi connectivity index (χ1) is 5.61. The molecule has 2 nitrogen and oxygen atoms in total. The van der Waals surface area contributed by atoms with Crippen LogP contribution in [0.25, 0.3) is 0 Å². The normalized spacial score (nSPS) is 12.9. The number of hydrogen-bond acceptors (Lipinski definition) is 2. The minimum atomic E-state index is -2.23. The molecule has 0 saturated carbocycles. The van der Waals surface area contributed by atoms with Crippen LogP contribution in [0.4, 0.5) is 4.39 Å². The van der Waals surface area contributed by atoms with Crippen LogP contribution in [0, 0.1) is 12.7 Å². The van der Waals surface area contributed by atoms with Gasteiger partial charge in [-0.15, -0.1) is 0 Å². The van der Waals surface area contributed by atoms with Gasteiger partial charge in [0.25, 0.3) is 0 Å². The molecule has 0 spiro atoms. The maximum Gasteiger partial charge on any atom is 0.130 e. The molecule has 0 N–H and O–H groups in total. The second-order valence-corrected chi connectivity index (χ2v) is 3.39. The van der Waals surface area contributed by atoms with Crippen LogP contribution in [-0.4, -0.2) is 8.76 Å². The highest BCUT2D eigenvalue weighted by atomic mass is 32.2. The average molecular weight is 187 g/mol. The highest BCUT2D eigenvalue weighted by molar-refractivity contribution is 7.78. The fourth-order valence-corrected chi connectivity index (χ4v) is 1.42. The Kier molecular flexibility index (Phi) is 2.94. The van der Waals surface area contributed by atoms with E-state index in [1.807, 2.05) is 0 Å². The summed E-state index contributed by atoms with van der Waals surface area (Å²) in [5, 5.41) is 0. The van der Waals surface area contributed by atoms with Crippen molar-refractivity contribution in [1.82, 2.24) is 0 Å². The highest BCUT2D eigenvalue weighted by Gasteiger charge is 2.03. The number of hydrogen-bond donors (Lipinski definition) is 0. The van der Waals surface area contributed by atoms with Gasteiger partial charge in [-0.1, -0.05) is 29.3 Å². The van der Waals surface area contributed by atoms with Gasteiger partial charge in [-0.25, -0.2) is 4.39 Å². The molecule has 66 valence electrons. The van der Waals surface area contributed by atoms with Gasteiger partial charge in [0.05, 0.1) is 0 Å². The van der Waals surface area contributed by atoms with Gasteiger partial charge in [0, 0.05) is 5.75 Å². The molecule has 0 aromatic heterocycles. The first-order valence-corrected chi connectivity index (χ1v) is 4.65. The second kappa shape index (κ2) is 3.78. The Hall–Kier alpha value is -0.740. The van der Waals surface area contributed by atoms with Gasteiger partial charge in [0.1, 0.15) is 5.82 Å². The molecule has 1 aromatic rings. The summed E-state index contributed by atoms with van der Waals surface area (Å²) in [6, 6.07) is 4.71. The molecule has 1 atom stereocenters. The molecule has 4 heteroatoms. The summed E-state index contributed by atoms with van der Waals surface area (Å²) in [7, 11) is 0. The highest BCUT2D eigenvalue weighted by Crippen LogP contribution is 2.12. The fourth-order valence-electron chi connectivity index (χ4n) is 0.947. The Morgan fingerprint density at radius 3 is 2.83 bits per heavy atom. The lowest BCUT2D eigenvalue weighted by Gasteiger charge is -2.07. The van der Waals surface area contributed by atoms with E-state index in [0.29, 0.717) is 5.56 Å². The van der Waals surface area contributed by atoms with Crippen LogP contribution < -0.4 is 0 Å². The number of benzene rings is 1. The summed E-state index contributed by atoms with van der Waals surface area (Å²) >= 11 is -2.23. The van der Waals surface area contributed by atoms with Crippen molar-refractivity contribution in [2.75, 3.05) is 0 Å². The van der Waals surface area contributed by atoms with E-state index >= 15 is 0 Å². The van der Waals surface area contributed by atoms with E-state index in [9.17, 15) is 13.2 Å². The van der Waals surface area contributed by atoms with Crippen LogP contribution in [0.15, 0.2) is 18.2 Å². The largest absolute Gasteiger partial charge is 0.772 e. The van der Waals surface area contributed by atoms with E-state index in [2.05, 4.69) is 0 Å². The molecular weight excluding hydrogens is 179 g/mol. The smallest absolute Gasteiger partial charge is 0.130 e.